The van der Waals surface area contributed by atoms with Crippen molar-refractivity contribution in [2.24, 2.45) is 5.73 Å². The summed E-state index contributed by atoms with van der Waals surface area (Å²) in [6, 6.07) is 0.350. The summed E-state index contributed by atoms with van der Waals surface area (Å²) in [5, 5.41) is 15.4. The molecule has 1 rings (SSSR count). The summed E-state index contributed by atoms with van der Waals surface area (Å²) in [5.41, 5.74) is 2.23. The number of nitro groups is 1. The maximum absolute atomic E-state index is 12.7. The van der Waals surface area contributed by atoms with E-state index in [4.69, 9.17) is 52.8 Å². The van der Waals surface area contributed by atoms with E-state index >= 15 is 0 Å². The van der Waals surface area contributed by atoms with E-state index in [1.807, 2.05) is 0 Å². The third-order valence-electron chi connectivity index (χ3n) is 3.04. The lowest BCUT2D eigenvalue weighted by atomic mass is 10.1. The molecule has 0 aliphatic rings. The molecule has 0 heterocycles. The Hall–Kier alpha value is -1.82. The van der Waals surface area contributed by atoms with Crippen LogP contribution in [-0.4, -0.2) is 25.8 Å². The Labute approximate surface area is 170 Å². The van der Waals surface area contributed by atoms with Gasteiger partial charge >= 0.3 is 6.18 Å². The van der Waals surface area contributed by atoms with Crippen LogP contribution in [0.15, 0.2) is 30.4 Å². The molecule has 4 N–H and O–H groups in total. The van der Waals surface area contributed by atoms with E-state index < -0.39 is 43.2 Å². The summed E-state index contributed by atoms with van der Waals surface area (Å²) in [6.45, 7) is 3.35. The summed E-state index contributed by atoms with van der Waals surface area (Å²) in [4.78, 5) is 21.3. The second kappa shape index (κ2) is 8.46. The Morgan fingerprint density at radius 2 is 1.89 bits per heavy atom. The number of benzene rings is 1. The lowest BCUT2D eigenvalue weighted by Crippen LogP contribution is -2.49. The number of carbonyl (C=O) groups is 1. The molecule has 7 nitrogen and oxygen atoms in total. The molecule has 0 aromatic heterocycles. The topological polar surface area (TPSA) is 110 Å². The molecule has 0 saturated heterocycles. The van der Waals surface area contributed by atoms with Crippen LogP contribution >= 0.6 is 47.0 Å². The van der Waals surface area contributed by atoms with E-state index in [9.17, 15) is 28.1 Å². The number of hydrogen-bond donors (Lipinski definition) is 3. The minimum absolute atomic E-state index is 0.333. The van der Waals surface area contributed by atoms with Crippen molar-refractivity contribution in [2.45, 2.75) is 16.0 Å². The number of thiocarbonyl (C=S) groups is 1. The number of hydrogen-bond acceptors (Lipinski definition) is 4. The molecule has 0 saturated carbocycles. The smallest absolute Gasteiger partial charge is 0.366 e. The summed E-state index contributed by atoms with van der Waals surface area (Å²) >= 11 is 22.1. The Bertz CT molecular complexity index is 799. The Balaban J connectivity index is 3.13. The largest absolute Gasteiger partial charge is 0.416 e. The number of primary amides is 1. The number of anilines is 1. The molecule has 1 aromatic carbocycles. The summed E-state index contributed by atoms with van der Waals surface area (Å²) in [6.07, 6.45) is -4.78. The van der Waals surface area contributed by atoms with Gasteiger partial charge < -0.3 is 16.4 Å². The van der Waals surface area contributed by atoms with Gasteiger partial charge in [-0.25, -0.2) is 0 Å². The number of nitrogens with zero attached hydrogens (tertiary/aromatic N) is 1. The zero-order valence-corrected chi connectivity index (χ0v) is 16.0. The van der Waals surface area contributed by atoms with Gasteiger partial charge in [0.15, 0.2) is 5.11 Å². The fourth-order valence-corrected chi connectivity index (χ4v) is 2.55. The van der Waals surface area contributed by atoms with E-state index in [2.05, 4.69) is 17.2 Å². The van der Waals surface area contributed by atoms with Crippen LogP contribution in [-0.2, 0) is 11.0 Å². The van der Waals surface area contributed by atoms with E-state index in [0.717, 1.165) is 6.07 Å². The van der Waals surface area contributed by atoms with Crippen molar-refractivity contribution in [3.8, 4) is 0 Å². The van der Waals surface area contributed by atoms with Crippen molar-refractivity contribution in [2.75, 3.05) is 5.32 Å². The molecule has 1 amide bonds. The minimum atomic E-state index is -4.78. The second-order valence-corrected chi connectivity index (χ2v) is 7.73. The molecule has 1 aromatic rings. The predicted molar refractivity (Wildman–Crippen MR) is 99.9 cm³/mol. The molecule has 0 aliphatic carbocycles. The quantitative estimate of drug-likeness (QED) is 0.201. The van der Waals surface area contributed by atoms with Crippen molar-refractivity contribution < 1.29 is 22.9 Å². The molecule has 1 atom stereocenters. The standard InChI is InChI=1S/C13H10Cl3F3N4O3S/c1-5(10(20)24)9(12(14,15)16)22-11(27)21-7-3-2-6(13(17,18)19)4-8(7)23(25)26/h2-4,9H,1H2,(H2,20,24)(H2,21,22,27). The molecule has 0 spiro atoms. The lowest BCUT2D eigenvalue weighted by Gasteiger charge is -2.27. The molecule has 1 unspecified atom stereocenters. The van der Waals surface area contributed by atoms with Crippen LogP contribution < -0.4 is 16.4 Å². The van der Waals surface area contributed by atoms with Crippen LogP contribution in [0.1, 0.15) is 5.56 Å². The normalized spacial score (nSPS) is 12.8. The highest BCUT2D eigenvalue weighted by molar-refractivity contribution is 7.80. The molecule has 14 heteroatoms. The van der Waals surface area contributed by atoms with Gasteiger partial charge in [0, 0.05) is 11.6 Å². The molecule has 0 bridgehead atoms. The number of amides is 1. The van der Waals surface area contributed by atoms with E-state index in [1.165, 1.54) is 0 Å². The summed E-state index contributed by atoms with van der Waals surface area (Å²) in [7, 11) is 0. The van der Waals surface area contributed by atoms with Gasteiger partial charge in [0.2, 0.25) is 9.70 Å². The molecule has 148 valence electrons. The van der Waals surface area contributed by atoms with Crippen molar-refractivity contribution >= 4 is 69.4 Å². The highest BCUT2D eigenvalue weighted by atomic mass is 35.6. The number of nitro benzene ring substituents is 1. The van der Waals surface area contributed by atoms with E-state index in [-0.39, 0.29) is 11.3 Å². The number of nitrogens with two attached hydrogens (primary N) is 1. The Morgan fingerprint density at radius 1 is 1.33 bits per heavy atom. The fraction of sp³-hybridized carbons (Fsp3) is 0.231. The zero-order chi connectivity index (χ0) is 21.2. The van der Waals surface area contributed by atoms with Gasteiger partial charge in [0.25, 0.3) is 5.69 Å². The number of alkyl halides is 6. The van der Waals surface area contributed by atoms with Crippen LogP contribution in [0.25, 0.3) is 0 Å². The van der Waals surface area contributed by atoms with Crippen molar-refractivity contribution in [3.63, 3.8) is 0 Å². The van der Waals surface area contributed by atoms with Gasteiger partial charge in [-0.3, -0.25) is 14.9 Å². The van der Waals surface area contributed by atoms with Crippen LogP contribution in [0.2, 0.25) is 0 Å². The monoisotopic (exact) mass is 464 g/mol. The van der Waals surface area contributed by atoms with Crippen LogP contribution in [0.4, 0.5) is 24.5 Å². The summed E-state index contributed by atoms with van der Waals surface area (Å²) < 4.78 is 36.0. The highest BCUT2D eigenvalue weighted by Gasteiger charge is 2.38. The minimum Gasteiger partial charge on any atom is -0.366 e. The molecule has 0 radical (unpaired) electrons. The predicted octanol–water partition coefficient (Wildman–Crippen LogP) is 3.68. The fourth-order valence-electron chi connectivity index (χ4n) is 1.76. The molecule has 0 aliphatic heterocycles. The van der Waals surface area contributed by atoms with Gasteiger partial charge in [-0.1, -0.05) is 41.4 Å². The van der Waals surface area contributed by atoms with Crippen molar-refractivity contribution in [1.29, 1.82) is 0 Å². The first-order chi connectivity index (χ1) is 12.1. The SMILES string of the molecule is C=C(C(N)=O)C(NC(=S)Nc1ccc(C(F)(F)F)cc1[N+](=O)[O-])C(Cl)(Cl)Cl. The molecule has 27 heavy (non-hydrogen) atoms. The first kappa shape index (κ1) is 23.2. The van der Waals surface area contributed by atoms with Gasteiger partial charge in [0.1, 0.15) is 11.7 Å². The van der Waals surface area contributed by atoms with Gasteiger partial charge in [0.05, 0.1) is 10.5 Å². The van der Waals surface area contributed by atoms with E-state index in [1.54, 1.807) is 0 Å². The number of nitrogens with one attached hydrogen (secondary N) is 2. The Morgan fingerprint density at radius 3 is 2.30 bits per heavy atom. The number of rotatable bonds is 5. The number of carbonyl (C=O) groups excluding carboxylic acids is 1. The lowest BCUT2D eigenvalue weighted by molar-refractivity contribution is -0.384. The molecule has 0 fully saturated rings. The third kappa shape index (κ3) is 6.38. The van der Waals surface area contributed by atoms with Crippen LogP contribution in [0.3, 0.4) is 0 Å². The maximum Gasteiger partial charge on any atom is 0.416 e. The average Bonchev–Trinajstić information content (AvgIpc) is 2.49. The van der Waals surface area contributed by atoms with Crippen molar-refractivity contribution in [1.82, 2.24) is 5.32 Å². The highest BCUT2D eigenvalue weighted by Crippen LogP contribution is 2.36. The first-order valence-corrected chi connectivity index (χ1v) is 8.17. The molecular formula is C13H10Cl3F3N4O3S. The Kier molecular flexibility index (Phi) is 7.28. The van der Waals surface area contributed by atoms with Crippen LogP contribution in [0.5, 0.6) is 0 Å². The average molecular weight is 466 g/mol. The second-order valence-electron chi connectivity index (χ2n) is 4.95. The first-order valence-electron chi connectivity index (χ1n) is 6.63. The van der Waals surface area contributed by atoms with Crippen molar-refractivity contribution in [3.05, 3.63) is 46.0 Å². The van der Waals surface area contributed by atoms with Gasteiger partial charge in [-0.2, -0.15) is 13.2 Å². The summed E-state index contributed by atoms with van der Waals surface area (Å²) in [5.74, 6) is -1.01. The number of halogens is 6. The zero-order valence-electron chi connectivity index (χ0n) is 12.9. The molecular weight excluding hydrogens is 456 g/mol. The third-order valence-corrected chi connectivity index (χ3v) is 3.91. The van der Waals surface area contributed by atoms with E-state index in [0.29, 0.717) is 12.1 Å². The van der Waals surface area contributed by atoms with Crippen LogP contribution in [0, 0.1) is 10.1 Å². The van der Waals surface area contributed by atoms with Gasteiger partial charge in [-0.05, 0) is 24.4 Å². The maximum atomic E-state index is 12.7. The van der Waals surface area contributed by atoms with Gasteiger partial charge in [-0.15, -0.1) is 0 Å².